The van der Waals surface area contributed by atoms with Crippen LogP contribution in [0.2, 0.25) is 0 Å². The van der Waals surface area contributed by atoms with E-state index in [0.717, 1.165) is 11.1 Å². The van der Waals surface area contributed by atoms with Crippen LogP contribution in [0.15, 0.2) is 59.8 Å². The van der Waals surface area contributed by atoms with E-state index in [0.29, 0.717) is 18.0 Å². The second-order valence-electron chi connectivity index (χ2n) is 9.98. The zero-order chi connectivity index (χ0) is 30.2. The van der Waals surface area contributed by atoms with E-state index >= 15 is 0 Å². The first-order valence-corrected chi connectivity index (χ1v) is 14.3. The first-order valence-electron chi connectivity index (χ1n) is 12.8. The minimum absolute atomic E-state index is 0.00706. The molecule has 0 bridgehead atoms. The van der Waals surface area contributed by atoms with Gasteiger partial charge >= 0.3 is 6.09 Å². The predicted octanol–water partition coefficient (Wildman–Crippen LogP) is 5.39. The lowest BCUT2D eigenvalue weighted by atomic mass is 10.2. The summed E-state index contributed by atoms with van der Waals surface area (Å²) in [5.41, 5.74) is 2.23. The molecule has 12 heteroatoms. The summed E-state index contributed by atoms with van der Waals surface area (Å²) < 4.78 is 55.2. The molecule has 2 aromatic heterocycles. The highest BCUT2D eigenvalue weighted by Gasteiger charge is 2.21. The van der Waals surface area contributed by atoms with Gasteiger partial charge in [-0.3, -0.25) is 14.4 Å². The maximum atomic E-state index is 12.2. The highest BCUT2D eigenvalue weighted by molar-refractivity contribution is 7.86. The van der Waals surface area contributed by atoms with Gasteiger partial charge in [0.05, 0.1) is 17.6 Å². The number of carbonyl (C=O) groups excluding carboxylic acids is 1. The lowest BCUT2D eigenvalue weighted by Crippen LogP contribution is -2.34. The summed E-state index contributed by atoms with van der Waals surface area (Å²) in [6.07, 6.45) is 5.48. The number of aromatic nitrogens is 2. The van der Waals surface area contributed by atoms with Crippen LogP contribution in [-0.4, -0.2) is 61.2 Å². The number of pyridine rings is 2. The summed E-state index contributed by atoms with van der Waals surface area (Å²) in [6, 6.07) is 11.4. The van der Waals surface area contributed by atoms with Crippen molar-refractivity contribution < 1.29 is 36.7 Å². The minimum atomic E-state index is -4.47. The highest BCUT2D eigenvalue weighted by atomic mass is 32.2. The molecule has 1 unspecified atom stereocenters. The van der Waals surface area contributed by atoms with E-state index in [2.05, 4.69) is 9.97 Å². The first kappa shape index (κ1) is 31.5. The van der Waals surface area contributed by atoms with Crippen LogP contribution in [-0.2, 0) is 19.6 Å². The Hall–Kier alpha value is -4.00. The summed E-state index contributed by atoms with van der Waals surface area (Å²) in [7, 11) is -2.84. The molecule has 220 valence electrons. The van der Waals surface area contributed by atoms with Crippen molar-refractivity contribution in [1.29, 1.82) is 0 Å². The van der Waals surface area contributed by atoms with Crippen molar-refractivity contribution in [3.63, 3.8) is 0 Å². The fourth-order valence-corrected chi connectivity index (χ4v) is 4.02. The molecule has 1 amide bonds. The van der Waals surface area contributed by atoms with Gasteiger partial charge in [0, 0.05) is 25.9 Å². The molecule has 0 saturated heterocycles. The second-order valence-corrected chi connectivity index (χ2v) is 11.4. The molecule has 0 fully saturated rings. The van der Waals surface area contributed by atoms with E-state index in [9.17, 15) is 17.8 Å². The van der Waals surface area contributed by atoms with E-state index in [4.69, 9.17) is 18.9 Å². The SMILES string of the molecule is CCOC(COc1cc(C)ccc1S(=O)(=O)O)Oc1ccc(C=Cc2ccc(N(C)C(=O)OC(C)(C)C)cn2)cn1. The van der Waals surface area contributed by atoms with E-state index in [1.165, 1.54) is 17.0 Å². The van der Waals surface area contributed by atoms with Gasteiger partial charge in [0.2, 0.25) is 12.2 Å². The van der Waals surface area contributed by atoms with Gasteiger partial charge in [0.25, 0.3) is 10.1 Å². The Kier molecular flexibility index (Phi) is 10.4. The predicted molar refractivity (Wildman–Crippen MR) is 155 cm³/mol. The quantitative estimate of drug-likeness (QED) is 0.230. The molecular formula is C29H35N3O8S. The maximum absolute atomic E-state index is 12.2. The topological polar surface area (TPSA) is 137 Å². The Bertz CT molecular complexity index is 1450. The van der Waals surface area contributed by atoms with Crippen molar-refractivity contribution in [1.82, 2.24) is 9.97 Å². The molecule has 0 saturated carbocycles. The van der Waals surface area contributed by atoms with Crippen molar-refractivity contribution in [2.24, 2.45) is 0 Å². The number of nitrogens with zero attached hydrogens (tertiary/aromatic N) is 3. The molecule has 0 aliphatic carbocycles. The monoisotopic (exact) mass is 585 g/mol. The van der Waals surface area contributed by atoms with Crippen molar-refractivity contribution in [3.8, 4) is 11.6 Å². The molecule has 0 spiro atoms. The molecule has 2 heterocycles. The van der Waals surface area contributed by atoms with Gasteiger partial charge in [-0.1, -0.05) is 12.1 Å². The summed E-state index contributed by atoms with van der Waals surface area (Å²) in [4.78, 5) is 22.0. The van der Waals surface area contributed by atoms with Crippen LogP contribution in [0.3, 0.4) is 0 Å². The van der Waals surface area contributed by atoms with Crippen LogP contribution >= 0.6 is 0 Å². The minimum Gasteiger partial charge on any atom is -0.486 e. The lowest BCUT2D eigenvalue weighted by molar-refractivity contribution is -0.0995. The number of anilines is 1. The molecule has 1 aromatic carbocycles. The Morgan fingerprint density at radius 3 is 2.41 bits per heavy atom. The lowest BCUT2D eigenvalue weighted by Gasteiger charge is -2.24. The normalized spacial score (nSPS) is 12.7. The number of carbonyl (C=O) groups is 1. The van der Waals surface area contributed by atoms with Gasteiger partial charge in [0.1, 0.15) is 16.2 Å². The molecular weight excluding hydrogens is 550 g/mol. The average Bonchev–Trinajstić information content (AvgIpc) is 2.89. The average molecular weight is 586 g/mol. The van der Waals surface area contributed by atoms with Gasteiger partial charge < -0.3 is 18.9 Å². The Balaban J connectivity index is 1.61. The Labute approximate surface area is 240 Å². The third-order valence-corrected chi connectivity index (χ3v) is 6.28. The van der Waals surface area contributed by atoms with Crippen molar-refractivity contribution in [2.45, 2.75) is 51.4 Å². The molecule has 0 radical (unpaired) electrons. The zero-order valence-corrected chi connectivity index (χ0v) is 24.7. The highest BCUT2D eigenvalue weighted by Crippen LogP contribution is 2.25. The fraction of sp³-hybridized carbons (Fsp3) is 0.345. The standard InChI is InChI=1S/C29H35N3O8S/c1-7-37-27(19-38-24-16-20(2)8-14-25(24)41(34,35)36)39-26-15-10-21(17-31-26)9-11-22-12-13-23(18-30-22)32(6)28(33)40-29(3,4)5/h8-18,27H,7,19H2,1-6H3,(H,34,35,36). The van der Waals surface area contributed by atoms with Gasteiger partial charge in [-0.2, -0.15) is 8.42 Å². The van der Waals surface area contributed by atoms with Crippen LogP contribution in [0.5, 0.6) is 11.6 Å². The number of hydrogen-bond donors (Lipinski definition) is 1. The number of hydrogen-bond acceptors (Lipinski definition) is 9. The van der Waals surface area contributed by atoms with Crippen molar-refractivity contribution in [2.75, 3.05) is 25.2 Å². The Morgan fingerprint density at radius 1 is 1.07 bits per heavy atom. The van der Waals surface area contributed by atoms with Gasteiger partial charge in [-0.05, 0) is 82.2 Å². The smallest absolute Gasteiger partial charge is 0.414 e. The zero-order valence-electron chi connectivity index (χ0n) is 23.9. The largest absolute Gasteiger partial charge is 0.486 e. The van der Waals surface area contributed by atoms with Crippen molar-refractivity contribution >= 4 is 34.1 Å². The summed E-state index contributed by atoms with van der Waals surface area (Å²) in [5.74, 6) is 0.267. The number of amides is 1. The van der Waals surface area contributed by atoms with Crippen LogP contribution in [0.25, 0.3) is 12.2 Å². The molecule has 3 rings (SSSR count). The van der Waals surface area contributed by atoms with Crippen LogP contribution < -0.4 is 14.4 Å². The molecule has 0 aliphatic heterocycles. The van der Waals surface area contributed by atoms with E-state index in [-0.39, 0.29) is 23.1 Å². The second kappa shape index (κ2) is 13.6. The van der Waals surface area contributed by atoms with Gasteiger partial charge in [-0.15, -0.1) is 0 Å². The van der Waals surface area contributed by atoms with Crippen molar-refractivity contribution in [3.05, 3.63) is 71.7 Å². The summed E-state index contributed by atoms with van der Waals surface area (Å²) in [5, 5.41) is 0. The van der Waals surface area contributed by atoms with Gasteiger partial charge in [0.15, 0.2) is 6.61 Å². The first-order chi connectivity index (χ1) is 19.2. The Morgan fingerprint density at radius 2 is 1.83 bits per heavy atom. The molecule has 41 heavy (non-hydrogen) atoms. The molecule has 3 aromatic rings. The third-order valence-electron chi connectivity index (χ3n) is 5.39. The van der Waals surface area contributed by atoms with Crippen LogP contribution in [0.1, 0.15) is 44.5 Å². The maximum Gasteiger partial charge on any atom is 0.414 e. The van der Waals surface area contributed by atoms with E-state index in [1.54, 1.807) is 90.5 Å². The molecule has 1 atom stereocenters. The third kappa shape index (κ3) is 9.85. The summed E-state index contributed by atoms with van der Waals surface area (Å²) in [6.45, 7) is 9.14. The molecule has 11 nitrogen and oxygen atoms in total. The number of benzene rings is 1. The van der Waals surface area contributed by atoms with E-state index < -0.39 is 28.1 Å². The van der Waals surface area contributed by atoms with Gasteiger partial charge in [-0.25, -0.2) is 9.78 Å². The fourth-order valence-electron chi connectivity index (χ4n) is 3.41. The van der Waals surface area contributed by atoms with E-state index in [1.807, 2.05) is 6.08 Å². The molecule has 1 N–H and O–H groups in total. The van der Waals surface area contributed by atoms with Crippen LogP contribution in [0, 0.1) is 6.92 Å². The number of ether oxygens (including phenoxy) is 4. The number of aryl methyl sites for hydroxylation is 1. The molecule has 0 aliphatic rings. The number of rotatable bonds is 11. The van der Waals surface area contributed by atoms with Crippen LogP contribution in [0.4, 0.5) is 10.5 Å². The summed E-state index contributed by atoms with van der Waals surface area (Å²) >= 11 is 0.